The van der Waals surface area contributed by atoms with Crippen molar-refractivity contribution in [3.05, 3.63) is 0 Å². The van der Waals surface area contributed by atoms with Crippen LogP contribution in [0.2, 0.25) is 0 Å². The summed E-state index contributed by atoms with van der Waals surface area (Å²) in [5.74, 6) is -0.151. The van der Waals surface area contributed by atoms with Crippen LogP contribution in [0.25, 0.3) is 0 Å². The molecule has 0 bridgehead atoms. The molecule has 1 rings (SSSR count). The molecular formula is C4H6N2O2S. The minimum atomic E-state index is -0.151. The van der Waals surface area contributed by atoms with E-state index in [1.54, 1.807) is 0 Å². The van der Waals surface area contributed by atoms with Gasteiger partial charge in [0.2, 0.25) is 0 Å². The van der Waals surface area contributed by atoms with Gasteiger partial charge in [-0.05, 0) is 12.2 Å². The van der Waals surface area contributed by atoms with Gasteiger partial charge >= 0.3 is 0 Å². The minimum absolute atomic E-state index is 0.0197. The molecule has 1 fully saturated rings. The third kappa shape index (κ3) is 1.85. The van der Waals surface area contributed by atoms with E-state index in [1.165, 1.54) is 0 Å². The van der Waals surface area contributed by atoms with Gasteiger partial charge in [-0.1, -0.05) is 0 Å². The molecular weight excluding hydrogens is 140 g/mol. The van der Waals surface area contributed by atoms with Gasteiger partial charge in [-0.25, -0.2) is 0 Å². The van der Waals surface area contributed by atoms with Crippen LogP contribution in [0.15, 0.2) is 0 Å². The molecule has 5 heteroatoms. The van der Waals surface area contributed by atoms with Gasteiger partial charge < -0.3 is 15.4 Å². The monoisotopic (exact) mass is 146 g/mol. The van der Waals surface area contributed by atoms with E-state index < -0.39 is 0 Å². The summed E-state index contributed by atoms with van der Waals surface area (Å²) in [5.41, 5.74) is 0. The van der Waals surface area contributed by atoms with Crippen LogP contribution in [0, 0.1) is 0 Å². The second-order valence-corrected chi connectivity index (χ2v) is 1.90. The van der Waals surface area contributed by atoms with Crippen molar-refractivity contribution in [1.29, 1.82) is 0 Å². The fourth-order valence-corrected chi connectivity index (χ4v) is 0.579. The average Bonchev–Trinajstić information content (AvgIpc) is 1.97. The Morgan fingerprint density at radius 2 is 2.33 bits per heavy atom. The quantitative estimate of drug-likeness (QED) is 0.429. The number of hydrogen-bond donors (Lipinski definition) is 2. The molecule has 0 aromatic carbocycles. The standard InChI is InChI=1S/C4H6N2O2S/c7-3-1-8-4(9)6-2-5-3/h1-2H2,(H,5,7)(H,6,9). The van der Waals surface area contributed by atoms with E-state index in [0.29, 0.717) is 6.67 Å². The van der Waals surface area contributed by atoms with Crippen LogP contribution in [-0.2, 0) is 9.53 Å². The molecule has 1 aliphatic heterocycles. The Kier molecular flexibility index (Phi) is 1.84. The van der Waals surface area contributed by atoms with Crippen molar-refractivity contribution in [2.75, 3.05) is 13.3 Å². The van der Waals surface area contributed by atoms with Crippen LogP contribution >= 0.6 is 12.2 Å². The molecule has 0 aromatic rings. The van der Waals surface area contributed by atoms with Crippen LogP contribution in [0.5, 0.6) is 0 Å². The molecule has 1 amide bonds. The molecule has 50 valence electrons. The first-order chi connectivity index (χ1) is 4.29. The van der Waals surface area contributed by atoms with Crippen molar-refractivity contribution in [2.24, 2.45) is 0 Å². The van der Waals surface area contributed by atoms with Crippen LogP contribution < -0.4 is 10.6 Å². The lowest BCUT2D eigenvalue weighted by atomic mass is 10.7. The second kappa shape index (κ2) is 2.63. The summed E-state index contributed by atoms with van der Waals surface area (Å²) < 4.78 is 4.72. The Hall–Kier alpha value is -0.840. The van der Waals surface area contributed by atoms with Gasteiger partial charge in [0.15, 0.2) is 6.61 Å². The molecule has 4 nitrogen and oxygen atoms in total. The van der Waals surface area contributed by atoms with Crippen molar-refractivity contribution in [3.63, 3.8) is 0 Å². The molecule has 0 spiro atoms. The molecule has 0 aromatic heterocycles. The first-order valence-electron chi connectivity index (χ1n) is 2.46. The van der Waals surface area contributed by atoms with Gasteiger partial charge in [-0.15, -0.1) is 0 Å². The highest BCUT2D eigenvalue weighted by Crippen LogP contribution is 1.81. The van der Waals surface area contributed by atoms with Crippen LogP contribution in [0.1, 0.15) is 0 Å². The number of ether oxygens (including phenoxy) is 1. The largest absolute Gasteiger partial charge is 0.461 e. The first kappa shape index (κ1) is 6.28. The van der Waals surface area contributed by atoms with E-state index in [0.717, 1.165) is 0 Å². The fraction of sp³-hybridized carbons (Fsp3) is 0.500. The predicted octanol–water partition coefficient (Wildman–Crippen LogP) is -1.04. The Morgan fingerprint density at radius 3 is 3.11 bits per heavy atom. The summed E-state index contributed by atoms with van der Waals surface area (Å²) in [6, 6.07) is 0. The highest BCUT2D eigenvalue weighted by atomic mass is 32.1. The Balaban J connectivity index is 2.43. The number of nitrogens with one attached hydrogen (secondary N) is 2. The molecule has 2 N–H and O–H groups in total. The van der Waals surface area contributed by atoms with Gasteiger partial charge in [-0.2, -0.15) is 0 Å². The third-order valence-corrected chi connectivity index (χ3v) is 1.11. The molecule has 0 unspecified atom stereocenters. The zero-order valence-electron chi connectivity index (χ0n) is 4.64. The van der Waals surface area contributed by atoms with Crippen molar-refractivity contribution in [1.82, 2.24) is 10.6 Å². The van der Waals surface area contributed by atoms with Gasteiger partial charge in [0, 0.05) is 0 Å². The van der Waals surface area contributed by atoms with Crippen LogP contribution in [-0.4, -0.2) is 24.4 Å². The molecule has 0 radical (unpaired) electrons. The number of hydrogen-bond acceptors (Lipinski definition) is 3. The lowest BCUT2D eigenvalue weighted by Crippen LogP contribution is -2.31. The topological polar surface area (TPSA) is 50.4 Å². The third-order valence-electron chi connectivity index (χ3n) is 0.853. The molecule has 1 heterocycles. The van der Waals surface area contributed by atoms with Crippen LogP contribution in [0.3, 0.4) is 0 Å². The second-order valence-electron chi connectivity index (χ2n) is 1.53. The zero-order valence-corrected chi connectivity index (χ0v) is 5.46. The first-order valence-corrected chi connectivity index (χ1v) is 2.87. The minimum Gasteiger partial charge on any atom is -0.461 e. The smallest absolute Gasteiger partial charge is 0.259 e. The normalized spacial score (nSPS) is 19.1. The van der Waals surface area contributed by atoms with E-state index in [4.69, 9.17) is 4.74 Å². The highest BCUT2D eigenvalue weighted by Gasteiger charge is 2.07. The zero-order chi connectivity index (χ0) is 6.69. The van der Waals surface area contributed by atoms with Crippen molar-refractivity contribution in [3.8, 4) is 0 Å². The summed E-state index contributed by atoms with van der Waals surface area (Å²) in [4.78, 5) is 10.5. The van der Waals surface area contributed by atoms with E-state index in [9.17, 15) is 4.79 Å². The number of carbonyl (C=O) groups is 1. The summed E-state index contributed by atoms with van der Waals surface area (Å²) in [7, 11) is 0. The van der Waals surface area contributed by atoms with Gasteiger partial charge in [0.1, 0.15) is 0 Å². The van der Waals surface area contributed by atoms with Gasteiger partial charge in [0.05, 0.1) is 6.67 Å². The SMILES string of the molecule is O=C1COC(=S)NCN1. The summed E-state index contributed by atoms with van der Waals surface area (Å²) in [5, 5.41) is 5.44. The number of rotatable bonds is 0. The maximum atomic E-state index is 10.5. The fourth-order valence-electron chi connectivity index (χ4n) is 0.448. The van der Waals surface area contributed by atoms with Crippen molar-refractivity contribution in [2.45, 2.75) is 0 Å². The Labute approximate surface area is 57.6 Å². The number of amides is 1. The highest BCUT2D eigenvalue weighted by molar-refractivity contribution is 7.80. The lowest BCUT2D eigenvalue weighted by molar-refractivity contribution is -0.122. The Morgan fingerprint density at radius 1 is 1.56 bits per heavy atom. The lowest BCUT2D eigenvalue weighted by Gasteiger charge is -1.98. The van der Waals surface area contributed by atoms with Gasteiger partial charge in [-0.3, -0.25) is 4.79 Å². The molecule has 0 aliphatic carbocycles. The summed E-state index contributed by atoms with van der Waals surface area (Å²) in [6.07, 6.45) is 0. The summed E-state index contributed by atoms with van der Waals surface area (Å²) >= 11 is 4.62. The number of carbonyl (C=O) groups excluding carboxylic acids is 1. The molecule has 9 heavy (non-hydrogen) atoms. The molecule has 1 saturated heterocycles. The van der Waals surface area contributed by atoms with E-state index in [2.05, 4.69) is 22.9 Å². The predicted molar refractivity (Wildman–Crippen MR) is 34.7 cm³/mol. The van der Waals surface area contributed by atoms with Crippen molar-refractivity contribution >= 4 is 23.3 Å². The van der Waals surface area contributed by atoms with E-state index in [-0.39, 0.29) is 17.7 Å². The number of thiocarbonyl (C=S) groups is 1. The molecule has 0 atom stereocenters. The Bertz CT molecular complexity index is 132. The van der Waals surface area contributed by atoms with E-state index in [1.807, 2.05) is 0 Å². The molecule has 1 aliphatic rings. The maximum Gasteiger partial charge on any atom is 0.259 e. The van der Waals surface area contributed by atoms with Gasteiger partial charge in [0.25, 0.3) is 11.1 Å². The maximum absolute atomic E-state index is 10.5. The van der Waals surface area contributed by atoms with E-state index >= 15 is 0 Å². The summed E-state index contributed by atoms with van der Waals surface area (Å²) in [6.45, 7) is 0.378. The van der Waals surface area contributed by atoms with Crippen LogP contribution in [0.4, 0.5) is 0 Å². The average molecular weight is 146 g/mol. The van der Waals surface area contributed by atoms with Crippen molar-refractivity contribution < 1.29 is 9.53 Å². The molecule has 0 saturated carbocycles.